The van der Waals surface area contributed by atoms with E-state index < -0.39 is 5.97 Å². The van der Waals surface area contributed by atoms with E-state index in [9.17, 15) is 4.79 Å². The predicted molar refractivity (Wildman–Crippen MR) is 69.5 cm³/mol. The third-order valence-electron chi connectivity index (χ3n) is 3.85. The third-order valence-corrected chi connectivity index (χ3v) is 5.27. The van der Waals surface area contributed by atoms with Gasteiger partial charge in [0.25, 0.3) is 0 Å². The Kier molecular flexibility index (Phi) is 4.36. The van der Waals surface area contributed by atoms with Crippen molar-refractivity contribution in [2.75, 3.05) is 6.61 Å². The van der Waals surface area contributed by atoms with E-state index in [4.69, 9.17) is 9.84 Å². The van der Waals surface area contributed by atoms with Gasteiger partial charge >= 0.3 is 5.97 Å². The molecule has 2 fully saturated rings. The Morgan fingerprint density at radius 2 is 2.24 bits per heavy atom. The van der Waals surface area contributed by atoms with Crippen LogP contribution in [0.2, 0.25) is 0 Å². The number of thioether (sulfide) groups is 1. The van der Waals surface area contributed by atoms with Crippen molar-refractivity contribution in [2.24, 2.45) is 0 Å². The summed E-state index contributed by atoms with van der Waals surface area (Å²) >= 11 is 1.85. The molecule has 1 saturated carbocycles. The Balaban J connectivity index is 1.83. The predicted octanol–water partition coefficient (Wildman–Crippen LogP) is 3.07. The molecule has 2 rings (SSSR count). The smallest absolute Gasteiger partial charge is 0.304 e. The van der Waals surface area contributed by atoms with Crippen molar-refractivity contribution in [2.45, 2.75) is 68.0 Å². The number of aliphatic carboxylic acids is 1. The van der Waals surface area contributed by atoms with Crippen molar-refractivity contribution in [1.82, 2.24) is 0 Å². The summed E-state index contributed by atoms with van der Waals surface area (Å²) in [6, 6.07) is 0. The number of hydrogen-bond donors (Lipinski definition) is 1. The maximum atomic E-state index is 10.7. The van der Waals surface area contributed by atoms with Crippen LogP contribution in [0.25, 0.3) is 0 Å². The molecular formula is C13H22O3S. The van der Waals surface area contributed by atoms with Gasteiger partial charge in [0, 0.05) is 17.1 Å². The average molecular weight is 258 g/mol. The highest BCUT2D eigenvalue weighted by Gasteiger charge is 2.40. The fraction of sp³-hybridized carbons (Fsp3) is 0.923. The number of hydrogen-bond acceptors (Lipinski definition) is 3. The molecule has 4 heteroatoms. The van der Waals surface area contributed by atoms with Gasteiger partial charge < -0.3 is 9.84 Å². The maximum absolute atomic E-state index is 10.7. The van der Waals surface area contributed by atoms with Crippen molar-refractivity contribution in [3.63, 3.8) is 0 Å². The minimum atomic E-state index is -0.687. The molecule has 0 radical (unpaired) electrons. The van der Waals surface area contributed by atoms with Crippen molar-refractivity contribution >= 4 is 17.7 Å². The molecule has 0 amide bonds. The second kappa shape index (κ2) is 5.61. The van der Waals surface area contributed by atoms with Gasteiger partial charge in [0.1, 0.15) is 0 Å². The summed E-state index contributed by atoms with van der Waals surface area (Å²) in [6.07, 6.45) is 7.48. The van der Waals surface area contributed by atoms with Crippen LogP contribution in [0.3, 0.4) is 0 Å². The minimum absolute atomic E-state index is 0.152. The quantitative estimate of drug-likeness (QED) is 0.841. The highest BCUT2D eigenvalue weighted by molar-refractivity contribution is 8.00. The second-order valence-corrected chi connectivity index (χ2v) is 7.14. The molecule has 2 unspecified atom stereocenters. The lowest BCUT2D eigenvalue weighted by molar-refractivity contribution is -0.136. The van der Waals surface area contributed by atoms with Crippen LogP contribution in [-0.2, 0) is 9.53 Å². The van der Waals surface area contributed by atoms with Crippen LogP contribution in [-0.4, -0.2) is 33.8 Å². The van der Waals surface area contributed by atoms with Gasteiger partial charge in [0.05, 0.1) is 12.0 Å². The summed E-state index contributed by atoms with van der Waals surface area (Å²) in [5.74, 6) is -0.687. The van der Waals surface area contributed by atoms with E-state index in [2.05, 4.69) is 0 Å². The molecule has 2 aliphatic rings. The van der Waals surface area contributed by atoms with Gasteiger partial charge in [-0.25, -0.2) is 0 Å². The van der Waals surface area contributed by atoms with Crippen LogP contribution in [0.15, 0.2) is 0 Å². The van der Waals surface area contributed by atoms with Crippen molar-refractivity contribution in [3.05, 3.63) is 0 Å². The van der Waals surface area contributed by atoms with Gasteiger partial charge in [-0.3, -0.25) is 4.79 Å². The topological polar surface area (TPSA) is 46.5 Å². The lowest BCUT2D eigenvalue weighted by atomic mass is 9.92. The Hall–Kier alpha value is -0.220. The summed E-state index contributed by atoms with van der Waals surface area (Å²) in [6.45, 7) is 2.88. The molecule has 1 aliphatic heterocycles. The Morgan fingerprint density at radius 3 is 2.88 bits per heavy atom. The van der Waals surface area contributed by atoms with E-state index in [1.54, 1.807) is 0 Å². The highest BCUT2D eigenvalue weighted by atomic mass is 32.2. The molecule has 0 aromatic heterocycles. The van der Waals surface area contributed by atoms with Gasteiger partial charge in [0.2, 0.25) is 0 Å². The molecular weight excluding hydrogens is 236 g/mol. The number of ether oxygens (including phenoxy) is 1. The van der Waals surface area contributed by atoms with Crippen LogP contribution in [0.4, 0.5) is 0 Å². The molecule has 17 heavy (non-hydrogen) atoms. The monoisotopic (exact) mass is 258 g/mol. The molecule has 98 valence electrons. The molecule has 1 aliphatic carbocycles. The fourth-order valence-electron chi connectivity index (χ4n) is 3.09. The van der Waals surface area contributed by atoms with E-state index in [0.717, 1.165) is 19.4 Å². The van der Waals surface area contributed by atoms with E-state index in [0.29, 0.717) is 5.25 Å². The largest absolute Gasteiger partial charge is 0.481 e. The van der Waals surface area contributed by atoms with E-state index in [1.165, 1.54) is 25.7 Å². The highest BCUT2D eigenvalue weighted by Crippen LogP contribution is 2.43. The number of carboxylic acid groups (broad SMARTS) is 1. The fourth-order valence-corrected chi connectivity index (χ4v) is 4.62. The molecule has 1 spiro atoms. The first-order chi connectivity index (χ1) is 8.10. The summed E-state index contributed by atoms with van der Waals surface area (Å²) in [5.41, 5.74) is 0.152. The Bertz CT molecular complexity index is 274. The molecule has 1 N–H and O–H groups in total. The van der Waals surface area contributed by atoms with E-state index in [-0.39, 0.29) is 17.3 Å². The van der Waals surface area contributed by atoms with Gasteiger partial charge in [-0.05, 0) is 25.7 Å². The lowest BCUT2D eigenvalue weighted by Crippen LogP contribution is -2.39. The second-order valence-electron chi connectivity index (χ2n) is 5.40. The molecule has 3 nitrogen and oxygen atoms in total. The summed E-state index contributed by atoms with van der Waals surface area (Å²) in [4.78, 5) is 10.7. The van der Waals surface area contributed by atoms with Gasteiger partial charge in [-0.15, -0.1) is 0 Å². The molecule has 1 heterocycles. The zero-order valence-electron chi connectivity index (χ0n) is 10.5. The summed E-state index contributed by atoms with van der Waals surface area (Å²) < 4.78 is 5.99. The average Bonchev–Trinajstić information content (AvgIpc) is 2.64. The molecule has 1 saturated heterocycles. The van der Waals surface area contributed by atoms with Crippen LogP contribution in [0.1, 0.15) is 51.9 Å². The van der Waals surface area contributed by atoms with E-state index in [1.807, 2.05) is 18.7 Å². The van der Waals surface area contributed by atoms with Crippen molar-refractivity contribution in [3.8, 4) is 0 Å². The maximum Gasteiger partial charge on any atom is 0.304 e. The summed E-state index contributed by atoms with van der Waals surface area (Å²) in [7, 11) is 0. The first-order valence-electron chi connectivity index (χ1n) is 6.61. The Labute approximate surface area is 107 Å². The van der Waals surface area contributed by atoms with Crippen molar-refractivity contribution in [1.29, 1.82) is 0 Å². The molecule has 0 bridgehead atoms. The van der Waals surface area contributed by atoms with Gasteiger partial charge in [0.15, 0.2) is 0 Å². The minimum Gasteiger partial charge on any atom is -0.481 e. The van der Waals surface area contributed by atoms with Gasteiger partial charge in [-0.1, -0.05) is 19.8 Å². The van der Waals surface area contributed by atoms with Crippen LogP contribution in [0, 0.1) is 0 Å². The zero-order valence-corrected chi connectivity index (χ0v) is 11.3. The van der Waals surface area contributed by atoms with Crippen LogP contribution < -0.4 is 0 Å². The zero-order chi connectivity index (χ0) is 12.3. The van der Waals surface area contributed by atoms with Crippen molar-refractivity contribution < 1.29 is 14.6 Å². The number of carbonyl (C=O) groups is 1. The molecule has 0 aromatic carbocycles. The lowest BCUT2D eigenvalue weighted by Gasteiger charge is -2.38. The first-order valence-corrected chi connectivity index (χ1v) is 7.55. The van der Waals surface area contributed by atoms with Crippen LogP contribution >= 0.6 is 11.8 Å². The Morgan fingerprint density at radius 1 is 1.53 bits per heavy atom. The number of carboxylic acids is 1. The summed E-state index contributed by atoms with van der Waals surface area (Å²) in [5, 5.41) is 9.59. The standard InChI is InChI=1S/C13H22O3S/c1-10(8-12(14)15)17-11-4-7-16-13(9-11)5-2-3-6-13/h10-11H,2-9H2,1H3,(H,14,15). The number of rotatable bonds is 4. The first kappa shape index (κ1) is 13.2. The van der Waals surface area contributed by atoms with Crippen LogP contribution in [0.5, 0.6) is 0 Å². The third kappa shape index (κ3) is 3.62. The molecule has 0 aromatic rings. The molecule has 2 atom stereocenters. The normalized spacial score (nSPS) is 29.4. The van der Waals surface area contributed by atoms with Gasteiger partial charge in [-0.2, -0.15) is 11.8 Å². The van der Waals surface area contributed by atoms with E-state index >= 15 is 0 Å². The SMILES string of the molecule is CC(CC(=O)O)SC1CCOC2(CCCC2)C1.